The van der Waals surface area contributed by atoms with Crippen LogP contribution in [-0.4, -0.2) is 42.8 Å². The van der Waals surface area contributed by atoms with Gasteiger partial charge in [0.15, 0.2) is 0 Å². The zero-order valence-electron chi connectivity index (χ0n) is 16.5. The quantitative estimate of drug-likeness (QED) is 0.689. The Morgan fingerprint density at radius 1 is 1.11 bits per heavy atom. The fourth-order valence-corrected chi connectivity index (χ4v) is 4.35. The standard InChI is InChI=1S/C20H27N3O4S/c1-4-23(5-2)28(26,27)18-11-12-20(25)22(14-18)15-19(24)21-13-16(3)17-9-7-6-8-10-17/h6-12,14,16H,4-5,13,15H2,1-3H3,(H,21,24)/t16-/m1/s1. The van der Waals surface area contributed by atoms with E-state index >= 15 is 0 Å². The van der Waals surface area contributed by atoms with Gasteiger partial charge in [-0.05, 0) is 17.5 Å². The first kappa shape index (κ1) is 21.8. The van der Waals surface area contributed by atoms with E-state index in [2.05, 4.69) is 5.32 Å². The SMILES string of the molecule is CCN(CC)S(=O)(=O)c1ccc(=O)n(CC(=O)NC[C@@H](C)c2ccccc2)c1. The van der Waals surface area contributed by atoms with Gasteiger partial charge in [0, 0.05) is 31.9 Å². The molecule has 0 bridgehead atoms. The number of hydrogen-bond acceptors (Lipinski definition) is 4. The van der Waals surface area contributed by atoms with Crippen molar-refractivity contribution in [3.63, 3.8) is 0 Å². The topological polar surface area (TPSA) is 88.5 Å². The zero-order valence-corrected chi connectivity index (χ0v) is 17.3. The number of amides is 1. The van der Waals surface area contributed by atoms with E-state index in [9.17, 15) is 18.0 Å². The maximum absolute atomic E-state index is 12.6. The first-order chi connectivity index (χ1) is 13.3. The Labute approximate surface area is 166 Å². The molecule has 7 nitrogen and oxygen atoms in total. The average molecular weight is 406 g/mol. The van der Waals surface area contributed by atoms with Gasteiger partial charge in [0.2, 0.25) is 15.9 Å². The smallest absolute Gasteiger partial charge is 0.251 e. The van der Waals surface area contributed by atoms with Gasteiger partial charge in [-0.2, -0.15) is 4.31 Å². The molecule has 2 rings (SSSR count). The summed E-state index contributed by atoms with van der Waals surface area (Å²) in [6.07, 6.45) is 1.23. The van der Waals surface area contributed by atoms with E-state index < -0.39 is 15.6 Å². The van der Waals surface area contributed by atoms with Gasteiger partial charge in [0.25, 0.3) is 5.56 Å². The molecule has 0 fully saturated rings. The molecule has 8 heteroatoms. The van der Waals surface area contributed by atoms with E-state index in [0.717, 1.165) is 10.1 Å². The van der Waals surface area contributed by atoms with Crippen molar-refractivity contribution in [1.29, 1.82) is 0 Å². The van der Waals surface area contributed by atoms with Crippen molar-refractivity contribution in [1.82, 2.24) is 14.2 Å². The molecule has 0 aliphatic rings. The van der Waals surface area contributed by atoms with E-state index in [1.807, 2.05) is 37.3 Å². The molecule has 1 amide bonds. The molecule has 0 aliphatic heterocycles. The van der Waals surface area contributed by atoms with Gasteiger partial charge in [0.1, 0.15) is 6.54 Å². The number of hydrogen-bond donors (Lipinski definition) is 1. The number of aromatic nitrogens is 1. The van der Waals surface area contributed by atoms with Crippen LogP contribution in [0, 0.1) is 0 Å². The Balaban J connectivity index is 2.09. The van der Waals surface area contributed by atoms with Gasteiger partial charge < -0.3 is 9.88 Å². The summed E-state index contributed by atoms with van der Waals surface area (Å²) in [6, 6.07) is 12.2. The molecular weight excluding hydrogens is 378 g/mol. The second-order valence-electron chi connectivity index (χ2n) is 6.54. The van der Waals surface area contributed by atoms with E-state index in [1.54, 1.807) is 13.8 Å². The minimum Gasteiger partial charge on any atom is -0.354 e. The first-order valence-electron chi connectivity index (χ1n) is 9.31. The van der Waals surface area contributed by atoms with Crippen molar-refractivity contribution in [3.8, 4) is 0 Å². The fourth-order valence-electron chi connectivity index (χ4n) is 2.88. The molecule has 2 aromatic rings. The number of carbonyl (C=O) groups is 1. The highest BCUT2D eigenvalue weighted by Gasteiger charge is 2.22. The van der Waals surface area contributed by atoms with Crippen LogP contribution in [0.3, 0.4) is 0 Å². The normalized spacial score (nSPS) is 12.7. The molecule has 0 spiro atoms. The van der Waals surface area contributed by atoms with Crippen LogP contribution in [0.5, 0.6) is 0 Å². The van der Waals surface area contributed by atoms with Crippen LogP contribution in [0.2, 0.25) is 0 Å². The number of nitrogens with zero attached hydrogens (tertiary/aromatic N) is 2. The summed E-state index contributed by atoms with van der Waals surface area (Å²) >= 11 is 0. The van der Waals surface area contributed by atoms with Crippen LogP contribution in [-0.2, 0) is 21.4 Å². The lowest BCUT2D eigenvalue weighted by Gasteiger charge is -2.19. The number of sulfonamides is 1. The summed E-state index contributed by atoms with van der Waals surface area (Å²) in [5.74, 6) is -0.224. The maximum atomic E-state index is 12.6. The Kier molecular flexibility index (Phi) is 7.53. The minimum atomic E-state index is -3.70. The van der Waals surface area contributed by atoms with Crippen molar-refractivity contribution < 1.29 is 13.2 Å². The zero-order chi connectivity index (χ0) is 20.7. The number of benzene rings is 1. The van der Waals surface area contributed by atoms with Gasteiger partial charge >= 0.3 is 0 Å². The molecule has 0 unspecified atom stereocenters. The van der Waals surface area contributed by atoms with E-state index in [1.165, 1.54) is 22.6 Å². The lowest BCUT2D eigenvalue weighted by molar-refractivity contribution is -0.121. The van der Waals surface area contributed by atoms with Crippen molar-refractivity contribution >= 4 is 15.9 Å². The Morgan fingerprint density at radius 3 is 2.36 bits per heavy atom. The minimum absolute atomic E-state index is 0.00116. The van der Waals surface area contributed by atoms with Crippen LogP contribution in [0.25, 0.3) is 0 Å². The van der Waals surface area contributed by atoms with Gasteiger partial charge in [0.05, 0.1) is 4.90 Å². The summed E-state index contributed by atoms with van der Waals surface area (Å²) in [7, 11) is -3.70. The van der Waals surface area contributed by atoms with Gasteiger partial charge in [-0.25, -0.2) is 8.42 Å². The second kappa shape index (κ2) is 9.66. The lowest BCUT2D eigenvalue weighted by Crippen LogP contribution is -2.35. The van der Waals surface area contributed by atoms with Gasteiger partial charge in [-0.3, -0.25) is 9.59 Å². The summed E-state index contributed by atoms with van der Waals surface area (Å²) in [6.45, 7) is 6.35. The summed E-state index contributed by atoms with van der Waals surface area (Å²) in [5.41, 5.74) is 0.678. The molecule has 0 saturated heterocycles. The third kappa shape index (κ3) is 5.30. The summed E-state index contributed by atoms with van der Waals surface area (Å²) in [5, 5.41) is 2.80. The van der Waals surface area contributed by atoms with Crippen molar-refractivity contribution in [3.05, 3.63) is 64.6 Å². The molecule has 1 aromatic carbocycles. The number of rotatable bonds is 9. The molecule has 0 saturated carbocycles. The highest BCUT2D eigenvalue weighted by molar-refractivity contribution is 7.89. The first-order valence-corrected chi connectivity index (χ1v) is 10.8. The van der Waals surface area contributed by atoms with Crippen molar-refractivity contribution in [2.75, 3.05) is 19.6 Å². The maximum Gasteiger partial charge on any atom is 0.251 e. The van der Waals surface area contributed by atoms with Crippen LogP contribution in [0.15, 0.2) is 58.4 Å². The molecule has 0 aliphatic carbocycles. The second-order valence-corrected chi connectivity index (χ2v) is 8.47. The number of nitrogens with one attached hydrogen (secondary N) is 1. The van der Waals surface area contributed by atoms with Crippen molar-refractivity contribution in [2.24, 2.45) is 0 Å². The van der Waals surface area contributed by atoms with E-state index in [0.29, 0.717) is 19.6 Å². The monoisotopic (exact) mass is 405 g/mol. The Bertz CT molecular complexity index is 951. The molecule has 1 atom stereocenters. The molecule has 152 valence electrons. The summed E-state index contributed by atoms with van der Waals surface area (Å²) in [4.78, 5) is 24.4. The molecular formula is C20H27N3O4S. The third-order valence-corrected chi connectivity index (χ3v) is 6.62. The Morgan fingerprint density at radius 2 is 1.75 bits per heavy atom. The predicted molar refractivity (Wildman–Crippen MR) is 109 cm³/mol. The van der Waals surface area contributed by atoms with Gasteiger partial charge in [-0.1, -0.05) is 51.1 Å². The fraction of sp³-hybridized carbons (Fsp3) is 0.400. The van der Waals surface area contributed by atoms with E-state index in [4.69, 9.17) is 0 Å². The molecule has 0 radical (unpaired) electrons. The van der Waals surface area contributed by atoms with Gasteiger partial charge in [-0.15, -0.1) is 0 Å². The average Bonchev–Trinajstić information content (AvgIpc) is 2.69. The number of carbonyl (C=O) groups excluding carboxylic acids is 1. The molecule has 28 heavy (non-hydrogen) atoms. The third-order valence-electron chi connectivity index (χ3n) is 4.59. The highest BCUT2D eigenvalue weighted by atomic mass is 32.2. The van der Waals surface area contributed by atoms with Crippen LogP contribution in [0.1, 0.15) is 32.3 Å². The Hall–Kier alpha value is -2.45. The van der Waals surface area contributed by atoms with Crippen LogP contribution < -0.4 is 10.9 Å². The molecule has 1 heterocycles. The predicted octanol–water partition coefficient (Wildman–Crippen LogP) is 1.80. The molecule has 1 aromatic heterocycles. The van der Waals surface area contributed by atoms with E-state index in [-0.39, 0.29) is 23.3 Å². The van der Waals surface area contributed by atoms with Crippen LogP contribution >= 0.6 is 0 Å². The van der Waals surface area contributed by atoms with Crippen molar-refractivity contribution in [2.45, 2.75) is 38.1 Å². The molecule has 1 N–H and O–H groups in total. The summed E-state index contributed by atoms with van der Waals surface area (Å²) < 4.78 is 27.7. The largest absolute Gasteiger partial charge is 0.354 e. The van der Waals surface area contributed by atoms with Crippen LogP contribution in [0.4, 0.5) is 0 Å². The highest BCUT2D eigenvalue weighted by Crippen LogP contribution is 2.14. The lowest BCUT2D eigenvalue weighted by atomic mass is 10.0. The number of pyridine rings is 1.